The van der Waals surface area contributed by atoms with E-state index >= 15 is 0 Å². The van der Waals surface area contributed by atoms with Crippen molar-refractivity contribution in [1.29, 1.82) is 0 Å². The third kappa shape index (κ3) is 5.10. The van der Waals surface area contributed by atoms with E-state index in [1.165, 1.54) is 29.8 Å². The number of piperazine rings is 1. The Labute approximate surface area is 168 Å². The molecule has 0 atom stereocenters. The van der Waals surface area contributed by atoms with Crippen molar-refractivity contribution in [2.75, 3.05) is 26.2 Å². The van der Waals surface area contributed by atoms with Crippen LogP contribution in [0, 0.1) is 0 Å². The zero-order chi connectivity index (χ0) is 21.0. The van der Waals surface area contributed by atoms with Crippen LogP contribution < -0.4 is 4.74 Å². The fourth-order valence-electron chi connectivity index (χ4n) is 3.27. The highest BCUT2D eigenvalue weighted by atomic mass is 19.3. The molecule has 1 heterocycles. The van der Waals surface area contributed by atoms with Crippen LogP contribution in [-0.2, 0) is 0 Å². The molecule has 1 fully saturated rings. The lowest BCUT2D eigenvalue weighted by Crippen LogP contribution is -2.50. The normalized spacial score (nSPS) is 14.4. The average Bonchev–Trinajstić information content (AvgIpc) is 2.73. The van der Waals surface area contributed by atoms with Crippen molar-refractivity contribution in [1.82, 2.24) is 9.80 Å². The fourth-order valence-corrected chi connectivity index (χ4v) is 3.27. The summed E-state index contributed by atoms with van der Waals surface area (Å²) in [5, 5.41) is 0. The van der Waals surface area contributed by atoms with Crippen LogP contribution in [0.2, 0.25) is 0 Å². The molecule has 0 saturated carbocycles. The van der Waals surface area contributed by atoms with Crippen molar-refractivity contribution in [2.24, 2.45) is 0 Å². The predicted octanol–water partition coefficient (Wildman–Crippen LogP) is 4.01. The molecule has 29 heavy (non-hydrogen) atoms. The second kappa shape index (κ2) is 9.03. The maximum absolute atomic E-state index is 12.7. The highest BCUT2D eigenvalue weighted by Gasteiger charge is 2.25. The summed E-state index contributed by atoms with van der Waals surface area (Å²) in [6.45, 7) is 3.04. The molecule has 1 aliphatic heterocycles. The first-order valence-electron chi connectivity index (χ1n) is 9.58. The second-order valence-electron chi connectivity index (χ2n) is 7.26. The number of hydrogen-bond donors (Lipinski definition) is 0. The molecule has 0 aliphatic carbocycles. The number of ether oxygens (including phenoxy) is 1. The molecule has 0 radical (unpaired) electrons. The minimum absolute atomic E-state index is 0.00968. The van der Waals surface area contributed by atoms with Crippen LogP contribution in [0.25, 0.3) is 0 Å². The molecule has 2 amide bonds. The van der Waals surface area contributed by atoms with E-state index < -0.39 is 6.61 Å². The van der Waals surface area contributed by atoms with Crippen molar-refractivity contribution < 1.29 is 23.1 Å². The Hall–Kier alpha value is -2.96. The molecule has 0 spiro atoms. The lowest BCUT2D eigenvalue weighted by atomic mass is 10.0. The summed E-state index contributed by atoms with van der Waals surface area (Å²) in [5.41, 5.74) is 2.22. The number of hydrogen-bond acceptors (Lipinski definition) is 3. The summed E-state index contributed by atoms with van der Waals surface area (Å²) in [4.78, 5) is 28.7. The zero-order valence-corrected chi connectivity index (χ0v) is 16.5. The molecule has 2 aromatic rings. The van der Waals surface area contributed by atoms with Crippen molar-refractivity contribution in [2.45, 2.75) is 26.4 Å². The molecule has 7 heteroatoms. The van der Waals surface area contributed by atoms with Gasteiger partial charge in [0.2, 0.25) is 0 Å². The minimum Gasteiger partial charge on any atom is -0.435 e. The van der Waals surface area contributed by atoms with Crippen LogP contribution >= 0.6 is 0 Å². The van der Waals surface area contributed by atoms with Gasteiger partial charge >= 0.3 is 6.61 Å². The Kier molecular flexibility index (Phi) is 6.46. The summed E-state index contributed by atoms with van der Waals surface area (Å²) in [7, 11) is 0. The van der Waals surface area contributed by atoms with Crippen LogP contribution in [0.15, 0.2) is 48.5 Å². The SMILES string of the molecule is CC(C)c1ccc(C(=O)N2CCN(C(=O)c3ccc(OC(F)F)cc3)CC2)cc1. The van der Waals surface area contributed by atoms with E-state index in [9.17, 15) is 18.4 Å². The van der Waals surface area contributed by atoms with Crippen LogP contribution in [0.1, 0.15) is 46.0 Å². The minimum atomic E-state index is -2.90. The van der Waals surface area contributed by atoms with Gasteiger partial charge in [0.1, 0.15) is 5.75 Å². The van der Waals surface area contributed by atoms with Gasteiger partial charge in [0, 0.05) is 37.3 Å². The quantitative estimate of drug-likeness (QED) is 0.759. The van der Waals surface area contributed by atoms with E-state index in [4.69, 9.17) is 0 Å². The first kappa shape index (κ1) is 20.8. The molecule has 5 nitrogen and oxygen atoms in total. The van der Waals surface area contributed by atoms with Gasteiger partial charge < -0.3 is 14.5 Å². The van der Waals surface area contributed by atoms with E-state index in [-0.39, 0.29) is 17.6 Å². The smallest absolute Gasteiger partial charge is 0.387 e. The highest BCUT2D eigenvalue weighted by Crippen LogP contribution is 2.18. The second-order valence-corrected chi connectivity index (χ2v) is 7.26. The van der Waals surface area contributed by atoms with E-state index in [1.807, 2.05) is 24.3 Å². The maximum Gasteiger partial charge on any atom is 0.387 e. The lowest BCUT2D eigenvalue weighted by molar-refractivity contribution is -0.0498. The van der Waals surface area contributed by atoms with Gasteiger partial charge in [-0.25, -0.2) is 0 Å². The Bertz CT molecular complexity index is 843. The number of rotatable bonds is 5. The van der Waals surface area contributed by atoms with Gasteiger partial charge in [0.15, 0.2) is 0 Å². The van der Waals surface area contributed by atoms with E-state index in [0.717, 1.165) is 0 Å². The molecule has 2 aromatic carbocycles. The van der Waals surface area contributed by atoms with E-state index in [1.54, 1.807) is 9.80 Å². The first-order valence-corrected chi connectivity index (χ1v) is 9.58. The number of halogens is 2. The largest absolute Gasteiger partial charge is 0.435 e. The number of carbonyl (C=O) groups excluding carboxylic acids is 2. The summed E-state index contributed by atoms with van der Waals surface area (Å²) in [6, 6.07) is 13.3. The Morgan fingerprint density at radius 3 is 1.59 bits per heavy atom. The standard InChI is InChI=1S/C22H24F2N2O3/c1-15(2)16-3-5-17(6-4-16)20(27)25-11-13-26(14-12-25)21(28)18-7-9-19(10-8-18)29-22(23)24/h3-10,15,22H,11-14H2,1-2H3. The van der Waals surface area contributed by atoms with Gasteiger partial charge in [-0.1, -0.05) is 26.0 Å². The summed E-state index contributed by atoms with van der Waals surface area (Å²) < 4.78 is 28.7. The number of benzene rings is 2. The number of alkyl halides is 2. The van der Waals surface area contributed by atoms with Gasteiger partial charge in [0.05, 0.1) is 0 Å². The average molecular weight is 402 g/mol. The number of nitrogens with zero attached hydrogens (tertiary/aromatic N) is 2. The van der Waals surface area contributed by atoms with Crippen molar-refractivity contribution in [3.8, 4) is 5.75 Å². The number of carbonyl (C=O) groups is 2. The van der Waals surface area contributed by atoms with E-state index in [2.05, 4.69) is 18.6 Å². The Morgan fingerprint density at radius 2 is 1.21 bits per heavy atom. The highest BCUT2D eigenvalue weighted by molar-refractivity contribution is 5.96. The summed E-state index contributed by atoms with van der Waals surface area (Å²) >= 11 is 0. The summed E-state index contributed by atoms with van der Waals surface area (Å²) in [6.07, 6.45) is 0. The molecular weight excluding hydrogens is 378 g/mol. The Balaban J connectivity index is 1.56. The van der Waals surface area contributed by atoms with Crippen LogP contribution in [0.4, 0.5) is 8.78 Å². The predicted molar refractivity (Wildman–Crippen MR) is 105 cm³/mol. The molecule has 0 N–H and O–H groups in total. The van der Waals surface area contributed by atoms with Crippen LogP contribution in [-0.4, -0.2) is 54.4 Å². The topological polar surface area (TPSA) is 49.9 Å². The monoisotopic (exact) mass is 402 g/mol. The van der Waals surface area contributed by atoms with E-state index in [0.29, 0.717) is 43.2 Å². The molecule has 0 bridgehead atoms. The summed E-state index contributed by atoms with van der Waals surface area (Å²) in [5.74, 6) is 0.183. The van der Waals surface area contributed by atoms with Crippen molar-refractivity contribution in [3.63, 3.8) is 0 Å². The molecule has 1 saturated heterocycles. The van der Waals surface area contributed by atoms with Crippen molar-refractivity contribution in [3.05, 3.63) is 65.2 Å². The zero-order valence-electron chi connectivity index (χ0n) is 16.5. The third-order valence-corrected chi connectivity index (χ3v) is 5.00. The molecule has 154 valence electrons. The van der Waals surface area contributed by atoms with Gasteiger partial charge in [-0.05, 0) is 47.9 Å². The maximum atomic E-state index is 12.7. The lowest BCUT2D eigenvalue weighted by Gasteiger charge is -2.35. The Morgan fingerprint density at radius 1 is 0.793 bits per heavy atom. The molecule has 1 aliphatic rings. The first-order chi connectivity index (χ1) is 13.8. The van der Waals surface area contributed by atoms with Gasteiger partial charge in [0.25, 0.3) is 11.8 Å². The van der Waals surface area contributed by atoms with Crippen LogP contribution in [0.3, 0.4) is 0 Å². The third-order valence-electron chi connectivity index (χ3n) is 5.00. The van der Waals surface area contributed by atoms with Crippen molar-refractivity contribution >= 4 is 11.8 Å². The number of amides is 2. The molecular formula is C22H24F2N2O3. The molecule has 0 aromatic heterocycles. The van der Waals surface area contributed by atoms with Gasteiger partial charge in [-0.3, -0.25) is 9.59 Å². The van der Waals surface area contributed by atoms with Crippen LogP contribution in [0.5, 0.6) is 5.75 Å². The van der Waals surface area contributed by atoms with Gasteiger partial charge in [-0.2, -0.15) is 8.78 Å². The molecule has 0 unspecified atom stereocenters. The molecule has 3 rings (SSSR count). The fraction of sp³-hybridized carbons (Fsp3) is 0.364. The van der Waals surface area contributed by atoms with Gasteiger partial charge in [-0.15, -0.1) is 0 Å².